The van der Waals surface area contributed by atoms with E-state index in [4.69, 9.17) is 13.9 Å². The highest BCUT2D eigenvalue weighted by Gasteiger charge is 2.11. The lowest BCUT2D eigenvalue weighted by Crippen LogP contribution is -2.41. The Morgan fingerprint density at radius 1 is 1.15 bits per heavy atom. The second kappa shape index (κ2) is 10.6. The normalized spacial score (nSPS) is 10.1. The minimum absolute atomic E-state index is 0.115. The first kappa shape index (κ1) is 20.0. The number of furan rings is 1. The van der Waals surface area contributed by atoms with Crippen LogP contribution in [0.5, 0.6) is 5.75 Å². The van der Waals surface area contributed by atoms with E-state index in [9.17, 15) is 14.4 Å². The van der Waals surface area contributed by atoms with Crippen molar-refractivity contribution in [3.63, 3.8) is 0 Å². The van der Waals surface area contributed by atoms with Gasteiger partial charge in [0.2, 0.25) is 0 Å². The van der Waals surface area contributed by atoms with Crippen LogP contribution in [0.3, 0.4) is 0 Å². The molecule has 0 aliphatic carbocycles. The van der Waals surface area contributed by atoms with E-state index in [1.807, 2.05) is 31.2 Å². The summed E-state index contributed by atoms with van der Waals surface area (Å²) in [6, 6.07) is 10.3. The highest BCUT2D eigenvalue weighted by molar-refractivity contribution is 5.95. The average molecular weight is 374 g/mol. The number of aryl methyl sites for hydroxylation is 1. The van der Waals surface area contributed by atoms with Crippen molar-refractivity contribution in [1.29, 1.82) is 0 Å². The van der Waals surface area contributed by atoms with E-state index in [2.05, 4.69) is 10.6 Å². The molecule has 8 nitrogen and oxygen atoms in total. The third-order valence-electron chi connectivity index (χ3n) is 3.40. The van der Waals surface area contributed by atoms with Crippen LogP contribution in [-0.4, -0.2) is 31.1 Å². The van der Waals surface area contributed by atoms with Gasteiger partial charge in [0, 0.05) is 6.42 Å². The molecule has 2 aromatic rings. The third-order valence-corrected chi connectivity index (χ3v) is 3.40. The van der Waals surface area contributed by atoms with Crippen LogP contribution in [0.4, 0.5) is 4.79 Å². The number of carbonyl (C=O) groups excluding carboxylic acids is 3. The molecule has 0 aliphatic rings. The van der Waals surface area contributed by atoms with Crippen LogP contribution in [-0.2, 0) is 20.9 Å². The monoisotopic (exact) mass is 374 g/mol. The number of amides is 3. The Labute approximate surface area is 156 Å². The molecular formula is C19H22N2O6. The molecule has 0 saturated heterocycles. The Hall–Kier alpha value is -3.29. The number of benzene rings is 1. The lowest BCUT2D eigenvalue weighted by molar-refractivity contribution is -0.148. The molecule has 2 rings (SSSR count). The van der Waals surface area contributed by atoms with Gasteiger partial charge in [0.1, 0.15) is 11.5 Å². The van der Waals surface area contributed by atoms with E-state index in [0.29, 0.717) is 18.8 Å². The van der Waals surface area contributed by atoms with Crippen LogP contribution < -0.4 is 15.4 Å². The van der Waals surface area contributed by atoms with E-state index >= 15 is 0 Å². The molecule has 0 aliphatic heterocycles. The molecule has 27 heavy (non-hydrogen) atoms. The van der Waals surface area contributed by atoms with Gasteiger partial charge in [0.05, 0.1) is 19.4 Å². The van der Waals surface area contributed by atoms with Crippen molar-refractivity contribution >= 4 is 17.9 Å². The Kier molecular flexibility index (Phi) is 7.90. The van der Waals surface area contributed by atoms with Gasteiger partial charge in [-0.2, -0.15) is 0 Å². The largest absolute Gasteiger partial charge is 0.494 e. The molecule has 0 unspecified atom stereocenters. The molecule has 0 bridgehead atoms. The van der Waals surface area contributed by atoms with Crippen molar-refractivity contribution in [2.75, 3.05) is 13.2 Å². The van der Waals surface area contributed by atoms with Crippen LogP contribution in [0.15, 0.2) is 47.1 Å². The van der Waals surface area contributed by atoms with E-state index in [-0.39, 0.29) is 13.0 Å². The number of carbonyl (C=O) groups is 3. The van der Waals surface area contributed by atoms with Gasteiger partial charge in [-0.15, -0.1) is 0 Å². The maximum atomic E-state index is 11.6. The minimum Gasteiger partial charge on any atom is -0.494 e. The summed E-state index contributed by atoms with van der Waals surface area (Å²) in [4.78, 5) is 34.7. The Bertz CT molecular complexity index is 757. The van der Waals surface area contributed by atoms with E-state index in [1.54, 1.807) is 12.1 Å². The smallest absolute Gasteiger partial charge is 0.321 e. The highest BCUT2D eigenvalue weighted by atomic mass is 16.5. The number of rotatable bonds is 9. The molecule has 1 aromatic carbocycles. The van der Waals surface area contributed by atoms with Crippen LogP contribution in [0, 0.1) is 6.92 Å². The van der Waals surface area contributed by atoms with E-state index in [0.717, 1.165) is 11.3 Å². The second-order valence-electron chi connectivity index (χ2n) is 5.74. The van der Waals surface area contributed by atoms with Gasteiger partial charge >= 0.3 is 12.0 Å². The maximum absolute atomic E-state index is 11.6. The number of nitrogens with one attached hydrogen (secondary N) is 2. The van der Waals surface area contributed by atoms with Gasteiger partial charge in [-0.05, 0) is 43.2 Å². The molecule has 0 spiro atoms. The number of urea groups is 1. The summed E-state index contributed by atoms with van der Waals surface area (Å²) in [5.41, 5.74) is 1.09. The number of hydrogen-bond donors (Lipinski definition) is 2. The topological polar surface area (TPSA) is 107 Å². The van der Waals surface area contributed by atoms with Gasteiger partial charge in [0.15, 0.2) is 6.61 Å². The molecule has 2 N–H and O–H groups in total. The van der Waals surface area contributed by atoms with Crippen LogP contribution in [0.2, 0.25) is 0 Å². The molecule has 3 amide bonds. The maximum Gasteiger partial charge on any atom is 0.321 e. The first-order valence-electron chi connectivity index (χ1n) is 8.48. The quantitative estimate of drug-likeness (QED) is 0.515. The van der Waals surface area contributed by atoms with Crippen molar-refractivity contribution in [2.24, 2.45) is 0 Å². The zero-order valence-electron chi connectivity index (χ0n) is 15.0. The molecule has 1 aromatic heterocycles. The number of hydrogen-bond acceptors (Lipinski definition) is 6. The minimum atomic E-state index is -0.712. The molecule has 1 heterocycles. The fourth-order valence-electron chi connectivity index (χ4n) is 2.12. The SMILES string of the molecule is Cc1cccc(OCCCC(=O)OCC(=O)NC(=O)NCc2ccco2)c1. The van der Waals surface area contributed by atoms with Crippen LogP contribution >= 0.6 is 0 Å². The molecule has 8 heteroatoms. The predicted octanol–water partition coefficient (Wildman–Crippen LogP) is 2.32. The lowest BCUT2D eigenvalue weighted by atomic mass is 10.2. The van der Waals surface area contributed by atoms with Gasteiger partial charge in [-0.1, -0.05) is 12.1 Å². The highest BCUT2D eigenvalue weighted by Crippen LogP contribution is 2.12. The van der Waals surface area contributed by atoms with Crippen molar-refractivity contribution in [3.8, 4) is 5.75 Å². The first-order chi connectivity index (χ1) is 13.0. The zero-order chi connectivity index (χ0) is 19.5. The summed E-state index contributed by atoms with van der Waals surface area (Å²) >= 11 is 0. The molecule has 144 valence electrons. The molecule has 0 fully saturated rings. The summed E-state index contributed by atoms with van der Waals surface area (Å²) in [6.45, 7) is 1.95. The Morgan fingerprint density at radius 2 is 2.00 bits per heavy atom. The molecular weight excluding hydrogens is 352 g/mol. The summed E-state index contributed by atoms with van der Waals surface area (Å²) in [5, 5.41) is 4.50. The van der Waals surface area contributed by atoms with E-state index in [1.165, 1.54) is 6.26 Å². The van der Waals surface area contributed by atoms with Crippen LogP contribution in [0.25, 0.3) is 0 Å². The first-order valence-corrected chi connectivity index (χ1v) is 8.48. The summed E-state index contributed by atoms with van der Waals surface area (Å²) in [5.74, 6) is 0.0468. The third kappa shape index (κ3) is 8.08. The predicted molar refractivity (Wildman–Crippen MR) is 96.0 cm³/mol. The zero-order valence-corrected chi connectivity index (χ0v) is 15.0. The van der Waals surface area contributed by atoms with E-state index < -0.39 is 24.5 Å². The van der Waals surface area contributed by atoms with Gasteiger partial charge < -0.3 is 19.2 Å². The number of esters is 1. The summed E-state index contributed by atoms with van der Waals surface area (Å²) < 4.78 is 15.4. The Balaban J connectivity index is 1.53. The van der Waals surface area contributed by atoms with Gasteiger partial charge in [-0.3, -0.25) is 14.9 Å². The molecule has 0 radical (unpaired) electrons. The molecule has 0 saturated carbocycles. The summed E-state index contributed by atoms with van der Waals surface area (Å²) in [6.07, 6.45) is 2.05. The fourth-order valence-corrected chi connectivity index (χ4v) is 2.12. The number of imide groups is 1. The van der Waals surface area contributed by atoms with Crippen molar-refractivity contribution in [2.45, 2.75) is 26.3 Å². The molecule has 0 atom stereocenters. The second-order valence-corrected chi connectivity index (χ2v) is 5.74. The average Bonchev–Trinajstić information content (AvgIpc) is 3.15. The Morgan fingerprint density at radius 3 is 2.74 bits per heavy atom. The lowest BCUT2D eigenvalue weighted by Gasteiger charge is -2.08. The standard InChI is InChI=1S/C19H22N2O6/c1-14-5-2-6-15(11-14)25-10-4-8-18(23)27-13-17(22)21-19(24)20-12-16-7-3-9-26-16/h2-3,5-7,9,11H,4,8,10,12-13H2,1H3,(H2,20,21,22,24). The fraction of sp³-hybridized carbons (Fsp3) is 0.316. The van der Waals surface area contributed by atoms with Gasteiger partial charge in [0.25, 0.3) is 5.91 Å². The van der Waals surface area contributed by atoms with Crippen LogP contribution in [0.1, 0.15) is 24.2 Å². The van der Waals surface area contributed by atoms with Crippen molar-refractivity contribution in [3.05, 3.63) is 54.0 Å². The van der Waals surface area contributed by atoms with Crippen molar-refractivity contribution < 1.29 is 28.3 Å². The summed E-state index contributed by atoms with van der Waals surface area (Å²) in [7, 11) is 0. The van der Waals surface area contributed by atoms with Gasteiger partial charge in [-0.25, -0.2) is 4.79 Å². The number of ether oxygens (including phenoxy) is 2. The van der Waals surface area contributed by atoms with Crippen molar-refractivity contribution in [1.82, 2.24) is 10.6 Å².